The van der Waals surface area contributed by atoms with Gasteiger partial charge in [-0.1, -0.05) is 12.1 Å². The third-order valence-corrected chi connectivity index (χ3v) is 5.15. The van der Waals surface area contributed by atoms with Gasteiger partial charge in [0.05, 0.1) is 16.6 Å². The van der Waals surface area contributed by atoms with Crippen molar-refractivity contribution in [1.82, 2.24) is 14.5 Å². The van der Waals surface area contributed by atoms with E-state index in [2.05, 4.69) is 15.3 Å². The van der Waals surface area contributed by atoms with Gasteiger partial charge in [-0.3, -0.25) is 9.36 Å². The molecule has 2 aromatic heterocycles. The Morgan fingerprint density at radius 3 is 2.71 bits per heavy atom. The third-order valence-electron chi connectivity index (χ3n) is 5.15. The normalized spacial score (nSPS) is 12.3. The third kappa shape index (κ3) is 3.38. The first-order valence-electron chi connectivity index (χ1n) is 9.66. The Hall–Kier alpha value is -4.20. The molecule has 8 heteroatoms. The summed E-state index contributed by atoms with van der Waals surface area (Å²) in [5.74, 6) is -0.658. The molecule has 0 radical (unpaired) electrons. The van der Waals surface area contributed by atoms with Crippen LogP contribution in [0.25, 0.3) is 33.5 Å². The molecule has 7 nitrogen and oxygen atoms in total. The number of nitrogens with one attached hydrogen (secondary N) is 2. The fourth-order valence-corrected chi connectivity index (χ4v) is 3.55. The van der Waals surface area contributed by atoms with E-state index >= 15 is 0 Å². The lowest BCUT2D eigenvalue weighted by Crippen LogP contribution is -2.29. The zero-order valence-corrected chi connectivity index (χ0v) is 16.4. The predicted octanol–water partition coefficient (Wildman–Crippen LogP) is 4.48. The number of amides is 1. The molecule has 0 fully saturated rings. The molecule has 1 amide bonds. The lowest BCUT2D eigenvalue weighted by atomic mass is 10.2. The van der Waals surface area contributed by atoms with Gasteiger partial charge in [0.15, 0.2) is 5.58 Å². The van der Waals surface area contributed by atoms with E-state index in [0.29, 0.717) is 28.1 Å². The highest BCUT2D eigenvalue weighted by Crippen LogP contribution is 2.24. The lowest BCUT2D eigenvalue weighted by molar-refractivity contribution is -0.118. The summed E-state index contributed by atoms with van der Waals surface area (Å²) in [6.07, 6.45) is 0. The number of benzene rings is 3. The largest absolute Gasteiger partial charge is 0.420 e. The molecule has 0 spiro atoms. The van der Waals surface area contributed by atoms with Gasteiger partial charge in [-0.05, 0) is 61.5 Å². The van der Waals surface area contributed by atoms with Crippen LogP contribution in [0.4, 0.5) is 10.1 Å². The van der Waals surface area contributed by atoms with Gasteiger partial charge in [0.2, 0.25) is 5.91 Å². The van der Waals surface area contributed by atoms with Crippen LogP contribution in [0.3, 0.4) is 0 Å². The minimum Gasteiger partial charge on any atom is -0.408 e. The van der Waals surface area contributed by atoms with E-state index in [-0.39, 0.29) is 11.7 Å². The number of imidazole rings is 1. The second-order valence-electron chi connectivity index (χ2n) is 7.20. The van der Waals surface area contributed by atoms with Crippen LogP contribution in [0, 0.1) is 5.82 Å². The number of halogens is 1. The highest BCUT2D eigenvalue weighted by Gasteiger charge is 2.21. The minimum absolute atomic E-state index is 0.316. The Morgan fingerprint density at radius 2 is 1.90 bits per heavy atom. The van der Waals surface area contributed by atoms with Crippen molar-refractivity contribution in [2.24, 2.45) is 0 Å². The van der Waals surface area contributed by atoms with E-state index in [0.717, 1.165) is 11.1 Å². The maximum Gasteiger partial charge on any atom is 0.420 e. The molecule has 1 atom stereocenters. The van der Waals surface area contributed by atoms with Gasteiger partial charge in [-0.25, -0.2) is 14.2 Å². The van der Waals surface area contributed by atoms with Crippen LogP contribution in [0.2, 0.25) is 0 Å². The summed E-state index contributed by atoms with van der Waals surface area (Å²) in [5.41, 5.74) is 3.73. The molecule has 1 unspecified atom stereocenters. The first-order valence-corrected chi connectivity index (χ1v) is 9.66. The monoisotopic (exact) mass is 416 g/mol. The van der Waals surface area contributed by atoms with E-state index in [1.165, 1.54) is 16.7 Å². The van der Waals surface area contributed by atoms with E-state index < -0.39 is 11.8 Å². The first-order chi connectivity index (χ1) is 15.0. The number of H-pyrrole nitrogens is 1. The zero-order valence-electron chi connectivity index (χ0n) is 16.4. The van der Waals surface area contributed by atoms with Gasteiger partial charge in [-0.2, -0.15) is 0 Å². The molecule has 0 bridgehead atoms. The second-order valence-corrected chi connectivity index (χ2v) is 7.20. The Morgan fingerprint density at radius 1 is 1.13 bits per heavy atom. The van der Waals surface area contributed by atoms with Gasteiger partial charge in [0.25, 0.3) is 0 Å². The van der Waals surface area contributed by atoms with Crippen molar-refractivity contribution in [3.8, 4) is 11.4 Å². The summed E-state index contributed by atoms with van der Waals surface area (Å²) in [4.78, 5) is 32.8. The van der Waals surface area contributed by atoms with Gasteiger partial charge in [-0.15, -0.1) is 0 Å². The number of aromatic nitrogens is 3. The summed E-state index contributed by atoms with van der Waals surface area (Å²) in [5, 5.41) is 2.83. The molecule has 2 N–H and O–H groups in total. The molecule has 5 aromatic rings. The molecular weight excluding hydrogens is 399 g/mol. The number of anilines is 1. The molecule has 5 rings (SSSR count). The molecule has 3 aromatic carbocycles. The summed E-state index contributed by atoms with van der Waals surface area (Å²) >= 11 is 0. The van der Waals surface area contributed by atoms with E-state index in [4.69, 9.17) is 4.42 Å². The standard InChI is InChI=1S/C23H17FN4O3/c1-13(28-19-4-2-3-5-20(19)31-23(28)30)22(29)25-16-10-11-17-18(12-16)27-21(26-17)14-6-8-15(24)9-7-14/h2-13H,1H3,(H,25,29)(H,26,27). The summed E-state index contributed by atoms with van der Waals surface area (Å²) in [6, 6.07) is 17.5. The summed E-state index contributed by atoms with van der Waals surface area (Å²) < 4.78 is 19.7. The van der Waals surface area contributed by atoms with Crippen LogP contribution < -0.4 is 11.1 Å². The molecule has 31 heavy (non-hydrogen) atoms. The molecule has 0 saturated carbocycles. The van der Waals surface area contributed by atoms with Crippen LogP contribution in [0.1, 0.15) is 13.0 Å². The van der Waals surface area contributed by atoms with Crippen molar-refractivity contribution in [1.29, 1.82) is 0 Å². The van der Waals surface area contributed by atoms with Crippen molar-refractivity contribution in [2.45, 2.75) is 13.0 Å². The smallest absolute Gasteiger partial charge is 0.408 e. The number of para-hydroxylation sites is 2. The summed E-state index contributed by atoms with van der Waals surface area (Å²) in [7, 11) is 0. The van der Waals surface area contributed by atoms with Crippen molar-refractivity contribution in [2.75, 3.05) is 5.32 Å². The number of carbonyl (C=O) groups excluding carboxylic acids is 1. The average Bonchev–Trinajstić information content (AvgIpc) is 3.33. The van der Waals surface area contributed by atoms with Crippen LogP contribution in [-0.2, 0) is 4.79 Å². The minimum atomic E-state index is -0.775. The van der Waals surface area contributed by atoms with Crippen LogP contribution in [0.15, 0.2) is 75.9 Å². The number of nitrogens with zero attached hydrogens (tertiary/aromatic N) is 2. The molecule has 154 valence electrons. The molecule has 0 aliphatic carbocycles. The Labute approximate surface area is 175 Å². The molecule has 0 saturated heterocycles. The van der Waals surface area contributed by atoms with Gasteiger partial charge < -0.3 is 14.7 Å². The van der Waals surface area contributed by atoms with Crippen molar-refractivity contribution >= 4 is 33.7 Å². The predicted molar refractivity (Wildman–Crippen MR) is 115 cm³/mol. The highest BCUT2D eigenvalue weighted by atomic mass is 19.1. The molecule has 2 heterocycles. The number of aromatic amines is 1. The fourth-order valence-electron chi connectivity index (χ4n) is 3.55. The van der Waals surface area contributed by atoms with Crippen LogP contribution in [0.5, 0.6) is 0 Å². The maximum absolute atomic E-state index is 13.2. The number of hydrogen-bond donors (Lipinski definition) is 2. The molecule has 0 aliphatic heterocycles. The lowest BCUT2D eigenvalue weighted by Gasteiger charge is -2.13. The molecular formula is C23H17FN4O3. The van der Waals surface area contributed by atoms with Gasteiger partial charge in [0, 0.05) is 11.3 Å². The van der Waals surface area contributed by atoms with E-state index in [1.807, 2.05) is 0 Å². The summed E-state index contributed by atoms with van der Waals surface area (Å²) in [6.45, 7) is 1.64. The Kier molecular flexibility index (Phi) is 4.39. The fraction of sp³-hybridized carbons (Fsp3) is 0.0870. The van der Waals surface area contributed by atoms with E-state index in [9.17, 15) is 14.0 Å². The number of fused-ring (bicyclic) bond motifs is 2. The number of rotatable bonds is 4. The second kappa shape index (κ2) is 7.24. The SMILES string of the molecule is CC(C(=O)Nc1ccc2nc(-c3ccc(F)cc3)[nH]c2c1)n1c(=O)oc2ccccc21. The van der Waals surface area contributed by atoms with Gasteiger partial charge in [0.1, 0.15) is 17.7 Å². The maximum atomic E-state index is 13.2. The van der Waals surface area contributed by atoms with Crippen molar-refractivity contribution in [3.63, 3.8) is 0 Å². The number of carbonyl (C=O) groups is 1. The quantitative estimate of drug-likeness (QED) is 0.452. The zero-order chi connectivity index (χ0) is 21.5. The average molecular weight is 416 g/mol. The Balaban J connectivity index is 1.42. The molecule has 0 aliphatic rings. The van der Waals surface area contributed by atoms with Crippen LogP contribution >= 0.6 is 0 Å². The number of oxazole rings is 1. The Bertz CT molecular complexity index is 1480. The highest BCUT2D eigenvalue weighted by molar-refractivity contribution is 5.96. The number of hydrogen-bond acceptors (Lipinski definition) is 4. The van der Waals surface area contributed by atoms with Crippen molar-refractivity contribution in [3.05, 3.63) is 83.1 Å². The van der Waals surface area contributed by atoms with Crippen LogP contribution in [-0.4, -0.2) is 20.4 Å². The van der Waals surface area contributed by atoms with Gasteiger partial charge >= 0.3 is 5.76 Å². The topological polar surface area (TPSA) is 92.9 Å². The van der Waals surface area contributed by atoms with Crippen molar-refractivity contribution < 1.29 is 13.6 Å². The van der Waals surface area contributed by atoms with E-state index in [1.54, 1.807) is 61.5 Å². The first kappa shape index (κ1) is 18.8.